The van der Waals surface area contributed by atoms with Crippen LogP contribution in [0.3, 0.4) is 0 Å². The van der Waals surface area contributed by atoms with Gasteiger partial charge >= 0.3 is 5.63 Å². The fourth-order valence-electron chi connectivity index (χ4n) is 2.24. The van der Waals surface area contributed by atoms with Gasteiger partial charge in [-0.2, -0.15) is 0 Å². The average Bonchev–Trinajstić information content (AvgIpc) is 2.58. The van der Waals surface area contributed by atoms with Crippen LogP contribution >= 0.6 is 34.8 Å². The maximum Gasteiger partial charge on any atom is 0.349 e. The first-order valence-corrected chi connectivity index (χ1v) is 9.18. The van der Waals surface area contributed by atoms with E-state index >= 15 is 0 Å². The lowest BCUT2D eigenvalue weighted by Gasteiger charge is -2.26. The summed E-state index contributed by atoms with van der Waals surface area (Å²) in [4.78, 5) is 24.6. The van der Waals surface area contributed by atoms with Crippen LogP contribution < -0.4 is 16.3 Å². The van der Waals surface area contributed by atoms with Crippen molar-refractivity contribution in [2.75, 3.05) is 19.8 Å². The molecule has 0 aliphatic rings. The van der Waals surface area contributed by atoms with Crippen LogP contribution in [0.15, 0.2) is 39.5 Å². The first-order chi connectivity index (χ1) is 12.3. The number of halogens is 3. The zero-order valence-corrected chi connectivity index (χ0v) is 16.3. The Morgan fingerprint density at radius 3 is 2.73 bits per heavy atom. The lowest BCUT2D eigenvalue weighted by atomic mass is 10.2. The van der Waals surface area contributed by atoms with Gasteiger partial charge in [-0.25, -0.2) is 4.79 Å². The summed E-state index contributed by atoms with van der Waals surface area (Å²) < 4.78 is 8.57. The minimum atomic E-state index is -1.81. The van der Waals surface area contributed by atoms with Crippen LogP contribution in [0, 0.1) is 0 Å². The van der Waals surface area contributed by atoms with Gasteiger partial charge in [-0.3, -0.25) is 10.1 Å². The highest BCUT2D eigenvalue weighted by Gasteiger charge is 2.34. The third kappa shape index (κ3) is 5.86. The molecule has 0 aliphatic heterocycles. The summed E-state index contributed by atoms with van der Waals surface area (Å²) >= 11 is 17.8. The number of carbonyl (C=O) groups excluding carboxylic acids is 1. The maximum absolute atomic E-state index is 12.5. The highest BCUT2D eigenvalue weighted by atomic mass is 35.6. The fourth-order valence-corrected chi connectivity index (χ4v) is 2.64. The molecular formula is C17H19Cl3N2O4. The molecule has 0 saturated carbocycles. The van der Waals surface area contributed by atoms with Gasteiger partial charge in [-0.05, 0) is 32.0 Å². The predicted molar refractivity (Wildman–Crippen MR) is 103 cm³/mol. The molecule has 2 aromatic rings. The molecule has 1 amide bonds. The Morgan fingerprint density at radius 1 is 1.31 bits per heavy atom. The molecule has 0 radical (unpaired) electrons. The number of benzene rings is 1. The number of rotatable bonds is 8. The topological polar surface area (TPSA) is 80.6 Å². The predicted octanol–water partition coefficient (Wildman–Crippen LogP) is 3.24. The second kappa shape index (κ2) is 9.58. The van der Waals surface area contributed by atoms with Crippen LogP contribution in [-0.4, -0.2) is 35.6 Å². The van der Waals surface area contributed by atoms with Crippen LogP contribution in [0.5, 0.6) is 0 Å². The first kappa shape index (κ1) is 21.0. The molecule has 1 unspecified atom stereocenters. The molecular weight excluding hydrogens is 403 g/mol. The summed E-state index contributed by atoms with van der Waals surface area (Å²) in [6, 6.07) is 8.32. The number of carbonyl (C=O) groups is 1. The van der Waals surface area contributed by atoms with Crippen LogP contribution in [0.4, 0.5) is 0 Å². The van der Waals surface area contributed by atoms with Crippen molar-refractivity contribution in [2.45, 2.75) is 23.3 Å². The molecule has 1 aromatic heterocycles. The van der Waals surface area contributed by atoms with Crippen molar-refractivity contribution in [1.29, 1.82) is 0 Å². The Hall–Kier alpha value is -1.31. The smallest absolute Gasteiger partial charge is 0.349 e. The second-order valence-electron chi connectivity index (χ2n) is 5.44. The molecule has 0 aliphatic carbocycles. The monoisotopic (exact) mass is 420 g/mol. The van der Waals surface area contributed by atoms with E-state index in [0.717, 1.165) is 0 Å². The molecule has 142 valence electrons. The number of para-hydroxylation sites is 1. The van der Waals surface area contributed by atoms with Crippen molar-refractivity contribution < 1.29 is 13.9 Å². The highest BCUT2D eigenvalue weighted by molar-refractivity contribution is 6.68. The number of fused-ring (bicyclic) bond motifs is 1. The first-order valence-electron chi connectivity index (χ1n) is 8.04. The van der Waals surface area contributed by atoms with Crippen molar-refractivity contribution in [2.24, 2.45) is 0 Å². The Morgan fingerprint density at radius 2 is 2.04 bits per heavy atom. The SMILES string of the molecule is CCOCCCNC(NC(=O)c1cc2ccccc2oc1=O)C(Cl)(Cl)Cl. The molecule has 0 bridgehead atoms. The second-order valence-corrected chi connectivity index (χ2v) is 7.81. The normalized spacial score (nSPS) is 12.9. The number of ether oxygens (including phenoxy) is 1. The van der Waals surface area contributed by atoms with E-state index in [4.69, 9.17) is 44.0 Å². The Balaban J connectivity index is 2.11. The highest BCUT2D eigenvalue weighted by Crippen LogP contribution is 2.29. The largest absolute Gasteiger partial charge is 0.422 e. The molecule has 1 atom stereocenters. The van der Waals surface area contributed by atoms with Crippen molar-refractivity contribution >= 4 is 51.7 Å². The minimum Gasteiger partial charge on any atom is -0.422 e. The zero-order chi connectivity index (χ0) is 19.2. The Kier molecular flexibility index (Phi) is 7.73. The molecule has 26 heavy (non-hydrogen) atoms. The van der Waals surface area contributed by atoms with E-state index in [0.29, 0.717) is 37.1 Å². The molecule has 2 N–H and O–H groups in total. The van der Waals surface area contributed by atoms with Crippen LogP contribution in [-0.2, 0) is 4.74 Å². The van der Waals surface area contributed by atoms with Gasteiger partial charge in [0.2, 0.25) is 3.79 Å². The lowest BCUT2D eigenvalue weighted by Crippen LogP contribution is -2.54. The molecule has 0 fully saturated rings. The lowest BCUT2D eigenvalue weighted by molar-refractivity contribution is 0.0924. The van der Waals surface area contributed by atoms with Crippen molar-refractivity contribution in [3.8, 4) is 0 Å². The molecule has 9 heteroatoms. The maximum atomic E-state index is 12.5. The van der Waals surface area contributed by atoms with Crippen molar-refractivity contribution in [1.82, 2.24) is 10.6 Å². The zero-order valence-electron chi connectivity index (χ0n) is 14.1. The summed E-state index contributed by atoms with van der Waals surface area (Å²) in [5.74, 6) is -0.696. The summed E-state index contributed by atoms with van der Waals surface area (Å²) in [7, 11) is 0. The van der Waals surface area contributed by atoms with Gasteiger partial charge in [0, 0.05) is 18.6 Å². The standard InChI is InChI=1S/C17H19Cl3N2O4/c1-2-25-9-5-8-21-16(17(18,19)20)22-14(23)12-10-11-6-3-4-7-13(11)26-15(12)24/h3-4,6-7,10,16,21H,2,5,8-9H2,1H3,(H,22,23). The molecule has 1 aromatic carbocycles. The van der Waals surface area contributed by atoms with Gasteiger partial charge in [0.05, 0.1) is 0 Å². The summed E-state index contributed by atoms with van der Waals surface area (Å²) in [6.07, 6.45) is -0.327. The fraction of sp³-hybridized carbons (Fsp3) is 0.412. The van der Waals surface area contributed by atoms with E-state index in [1.807, 2.05) is 6.92 Å². The van der Waals surface area contributed by atoms with Crippen molar-refractivity contribution in [3.05, 3.63) is 46.3 Å². The van der Waals surface area contributed by atoms with Gasteiger partial charge < -0.3 is 14.5 Å². The van der Waals surface area contributed by atoms with Gasteiger partial charge in [-0.1, -0.05) is 53.0 Å². The summed E-state index contributed by atoms with van der Waals surface area (Å²) in [6.45, 7) is 3.50. The number of hydrogen-bond acceptors (Lipinski definition) is 5. The van der Waals surface area contributed by atoms with E-state index in [1.165, 1.54) is 6.07 Å². The van der Waals surface area contributed by atoms with E-state index in [2.05, 4.69) is 10.6 Å². The Labute approximate surface area is 165 Å². The van der Waals surface area contributed by atoms with Crippen LogP contribution in [0.2, 0.25) is 0 Å². The summed E-state index contributed by atoms with van der Waals surface area (Å²) in [5, 5.41) is 6.08. The van der Waals surface area contributed by atoms with E-state index in [1.54, 1.807) is 24.3 Å². The third-order valence-electron chi connectivity index (χ3n) is 3.51. The Bertz CT molecular complexity index is 804. The quantitative estimate of drug-likeness (QED) is 0.296. The van der Waals surface area contributed by atoms with Crippen molar-refractivity contribution in [3.63, 3.8) is 0 Å². The van der Waals surface area contributed by atoms with Gasteiger partial charge in [0.25, 0.3) is 5.91 Å². The number of hydrogen-bond donors (Lipinski definition) is 2. The van der Waals surface area contributed by atoms with E-state index in [-0.39, 0.29) is 5.56 Å². The molecule has 0 saturated heterocycles. The van der Waals surface area contributed by atoms with E-state index in [9.17, 15) is 9.59 Å². The molecule has 0 spiro atoms. The minimum absolute atomic E-state index is 0.168. The number of nitrogens with one attached hydrogen (secondary N) is 2. The molecule has 1 heterocycles. The summed E-state index contributed by atoms with van der Waals surface area (Å²) in [5.41, 5.74) is -0.541. The molecule has 2 rings (SSSR count). The van der Waals surface area contributed by atoms with E-state index < -0.39 is 21.5 Å². The van der Waals surface area contributed by atoms with Gasteiger partial charge in [-0.15, -0.1) is 0 Å². The van der Waals surface area contributed by atoms with Crippen LogP contribution in [0.25, 0.3) is 11.0 Å². The van der Waals surface area contributed by atoms with Gasteiger partial charge in [0.15, 0.2) is 0 Å². The third-order valence-corrected chi connectivity index (χ3v) is 4.16. The van der Waals surface area contributed by atoms with Gasteiger partial charge in [0.1, 0.15) is 17.3 Å². The molecule has 6 nitrogen and oxygen atoms in total. The average molecular weight is 422 g/mol. The number of amides is 1. The van der Waals surface area contributed by atoms with Crippen LogP contribution in [0.1, 0.15) is 23.7 Å². The number of alkyl halides is 3.